The number of methoxy groups -OCH3 is 1. The van der Waals surface area contributed by atoms with Crippen LogP contribution in [0.5, 0.6) is 5.75 Å². The minimum absolute atomic E-state index is 0.0448. The predicted molar refractivity (Wildman–Crippen MR) is 121 cm³/mol. The summed E-state index contributed by atoms with van der Waals surface area (Å²) >= 11 is 1.55. The number of ketones is 1. The first-order valence-corrected chi connectivity index (χ1v) is 11.3. The van der Waals surface area contributed by atoms with Gasteiger partial charge < -0.3 is 4.74 Å². The van der Waals surface area contributed by atoms with Crippen molar-refractivity contribution in [2.75, 3.05) is 7.11 Å². The zero-order chi connectivity index (χ0) is 21.1. The largest absolute Gasteiger partial charge is 0.497 e. The molecule has 1 atom stereocenters. The summed E-state index contributed by atoms with van der Waals surface area (Å²) in [5.41, 5.74) is 3.25. The maximum atomic E-state index is 12.5. The molecular formula is C24H27N3O2S. The second-order valence-electron chi connectivity index (χ2n) is 7.90. The average molecular weight is 422 g/mol. The normalized spacial score (nSPS) is 16.8. The summed E-state index contributed by atoms with van der Waals surface area (Å²) in [5.74, 6) is 2.25. The average Bonchev–Trinajstić information content (AvgIpc) is 3.18. The molecule has 1 fully saturated rings. The Bertz CT molecular complexity index is 1030. The molecule has 1 aromatic heterocycles. The molecule has 5 nitrogen and oxygen atoms in total. The first-order chi connectivity index (χ1) is 14.6. The van der Waals surface area contributed by atoms with Crippen LogP contribution < -0.4 is 4.74 Å². The van der Waals surface area contributed by atoms with Crippen LogP contribution in [0.2, 0.25) is 0 Å². The highest BCUT2D eigenvalue weighted by molar-refractivity contribution is 8.00. The molecule has 0 spiro atoms. The van der Waals surface area contributed by atoms with Gasteiger partial charge in [0.1, 0.15) is 11.5 Å². The molecule has 6 heteroatoms. The molecule has 0 radical (unpaired) electrons. The molecule has 0 unspecified atom stereocenters. The number of hydrogen-bond acceptors (Lipinski definition) is 5. The number of para-hydroxylation sites is 1. The monoisotopic (exact) mass is 421 g/mol. The molecule has 1 aliphatic rings. The molecule has 3 aromatic rings. The number of nitrogens with zero attached hydrogens (tertiary/aromatic N) is 3. The summed E-state index contributed by atoms with van der Waals surface area (Å²) in [6.45, 7) is 4.38. The van der Waals surface area contributed by atoms with E-state index in [1.54, 1.807) is 18.9 Å². The van der Waals surface area contributed by atoms with E-state index in [2.05, 4.69) is 46.8 Å². The summed E-state index contributed by atoms with van der Waals surface area (Å²) in [4.78, 5) is 12.5. The van der Waals surface area contributed by atoms with Crippen molar-refractivity contribution >= 4 is 17.5 Å². The number of Topliss-reactive ketones (excluding diaryl/α,β-unsaturated/α-hetero) is 1. The summed E-state index contributed by atoms with van der Waals surface area (Å²) in [7, 11) is 1.66. The second-order valence-corrected chi connectivity index (χ2v) is 9.07. The van der Waals surface area contributed by atoms with Gasteiger partial charge >= 0.3 is 0 Å². The molecule has 0 amide bonds. The van der Waals surface area contributed by atoms with Crippen molar-refractivity contribution in [3.05, 3.63) is 54.1 Å². The van der Waals surface area contributed by atoms with Crippen LogP contribution in [0.1, 0.15) is 51.0 Å². The maximum Gasteiger partial charge on any atom is 0.196 e. The molecule has 0 saturated heterocycles. The molecular weight excluding hydrogens is 394 g/mol. The Labute approximate surface area is 181 Å². The van der Waals surface area contributed by atoms with Gasteiger partial charge in [0.25, 0.3) is 0 Å². The Hall–Kier alpha value is -2.60. The number of carbonyl (C=O) groups is 1. The first kappa shape index (κ1) is 20.7. The van der Waals surface area contributed by atoms with Crippen LogP contribution in [0.4, 0.5) is 0 Å². The zero-order valence-corrected chi connectivity index (χ0v) is 18.5. The Kier molecular flexibility index (Phi) is 6.23. The number of thioether (sulfide) groups is 1. The van der Waals surface area contributed by atoms with E-state index in [0.29, 0.717) is 18.1 Å². The topological polar surface area (TPSA) is 57.0 Å². The van der Waals surface area contributed by atoms with E-state index in [1.807, 2.05) is 30.3 Å². The number of ether oxygens (including phenoxy) is 1. The van der Waals surface area contributed by atoms with E-state index < -0.39 is 0 Å². The first-order valence-electron chi connectivity index (χ1n) is 10.5. The van der Waals surface area contributed by atoms with Crippen molar-refractivity contribution in [3.8, 4) is 22.8 Å². The highest BCUT2D eigenvalue weighted by Gasteiger charge is 2.27. The number of rotatable bonds is 6. The van der Waals surface area contributed by atoms with Crippen LogP contribution in [0.25, 0.3) is 17.1 Å². The quantitative estimate of drug-likeness (QED) is 0.513. The molecule has 0 N–H and O–H groups in total. The van der Waals surface area contributed by atoms with Crippen molar-refractivity contribution < 1.29 is 9.53 Å². The van der Waals surface area contributed by atoms with Gasteiger partial charge in [-0.05, 0) is 54.7 Å². The summed E-state index contributed by atoms with van der Waals surface area (Å²) in [6, 6.07) is 16.2. The van der Waals surface area contributed by atoms with Crippen LogP contribution in [0, 0.1) is 0 Å². The van der Waals surface area contributed by atoms with Crippen LogP contribution in [0.15, 0.2) is 53.7 Å². The van der Waals surface area contributed by atoms with Crippen molar-refractivity contribution in [3.63, 3.8) is 0 Å². The number of benzene rings is 2. The van der Waals surface area contributed by atoms with Gasteiger partial charge in [-0.1, -0.05) is 50.2 Å². The van der Waals surface area contributed by atoms with Crippen LogP contribution in [-0.4, -0.2) is 32.9 Å². The number of aromatic nitrogens is 3. The van der Waals surface area contributed by atoms with Crippen molar-refractivity contribution in [1.82, 2.24) is 14.8 Å². The maximum absolute atomic E-state index is 12.5. The highest BCUT2D eigenvalue weighted by Crippen LogP contribution is 2.36. The van der Waals surface area contributed by atoms with E-state index in [1.165, 1.54) is 5.56 Å². The van der Waals surface area contributed by atoms with Gasteiger partial charge in [-0.2, -0.15) is 0 Å². The van der Waals surface area contributed by atoms with E-state index >= 15 is 0 Å². The lowest BCUT2D eigenvalue weighted by atomic mass is 9.99. The Morgan fingerprint density at radius 2 is 1.83 bits per heavy atom. The molecule has 1 saturated carbocycles. The SMILES string of the molecule is COc1ccc(-c2nnc(S[C@H]3CCCCC3=O)n2-c2ccccc2C(C)C)cc1. The smallest absolute Gasteiger partial charge is 0.196 e. The van der Waals surface area contributed by atoms with E-state index in [9.17, 15) is 4.79 Å². The fourth-order valence-electron chi connectivity index (χ4n) is 3.87. The van der Waals surface area contributed by atoms with E-state index in [0.717, 1.165) is 47.2 Å². The van der Waals surface area contributed by atoms with Crippen molar-refractivity contribution in [2.24, 2.45) is 0 Å². The Balaban J connectivity index is 1.83. The Morgan fingerprint density at radius 1 is 1.07 bits per heavy atom. The fraction of sp³-hybridized carbons (Fsp3) is 0.375. The Morgan fingerprint density at radius 3 is 2.53 bits per heavy atom. The summed E-state index contributed by atoms with van der Waals surface area (Å²) in [5, 5.41) is 9.81. The summed E-state index contributed by atoms with van der Waals surface area (Å²) in [6.07, 6.45) is 3.65. The molecule has 4 rings (SSSR count). The third-order valence-corrected chi connectivity index (χ3v) is 6.79. The van der Waals surface area contributed by atoms with Gasteiger partial charge in [0.05, 0.1) is 18.0 Å². The van der Waals surface area contributed by atoms with Gasteiger partial charge in [-0.15, -0.1) is 10.2 Å². The summed E-state index contributed by atoms with van der Waals surface area (Å²) < 4.78 is 7.42. The third kappa shape index (κ3) is 4.15. The molecule has 2 aromatic carbocycles. The van der Waals surface area contributed by atoms with Gasteiger partial charge in [-0.3, -0.25) is 9.36 Å². The number of carbonyl (C=O) groups excluding carboxylic acids is 1. The predicted octanol–water partition coefficient (Wildman–Crippen LogP) is 5.67. The van der Waals surface area contributed by atoms with Gasteiger partial charge in [-0.25, -0.2) is 0 Å². The lowest BCUT2D eigenvalue weighted by molar-refractivity contribution is -0.119. The third-order valence-electron chi connectivity index (χ3n) is 5.53. The van der Waals surface area contributed by atoms with E-state index in [4.69, 9.17) is 4.74 Å². The molecule has 0 bridgehead atoms. The molecule has 156 valence electrons. The van der Waals surface area contributed by atoms with Crippen molar-refractivity contribution in [1.29, 1.82) is 0 Å². The van der Waals surface area contributed by atoms with Crippen LogP contribution >= 0.6 is 11.8 Å². The van der Waals surface area contributed by atoms with E-state index in [-0.39, 0.29) is 5.25 Å². The minimum atomic E-state index is -0.0448. The van der Waals surface area contributed by atoms with Crippen LogP contribution in [0.3, 0.4) is 0 Å². The molecule has 1 heterocycles. The minimum Gasteiger partial charge on any atom is -0.497 e. The van der Waals surface area contributed by atoms with Crippen molar-refractivity contribution in [2.45, 2.75) is 55.9 Å². The lowest BCUT2D eigenvalue weighted by Crippen LogP contribution is -2.22. The zero-order valence-electron chi connectivity index (χ0n) is 17.7. The standard InChI is InChI=1S/C24H27N3O2S/c1-16(2)19-8-4-5-9-20(19)27-23(17-12-14-18(29-3)15-13-17)25-26-24(27)30-22-11-7-6-10-21(22)28/h4-5,8-9,12-16,22H,6-7,10-11H2,1-3H3/t22-/m0/s1. The second kappa shape index (κ2) is 9.04. The number of hydrogen-bond donors (Lipinski definition) is 0. The molecule has 0 aliphatic heterocycles. The van der Waals surface area contributed by atoms with Gasteiger partial charge in [0, 0.05) is 12.0 Å². The molecule has 1 aliphatic carbocycles. The van der Waals surface area contributed by atoms with Crippen LogP contribution in [-0.2, 0) is 4.79 Å². The molecule has 30 heavy (non-hydrogen) atoms. The lowest BCUT2D eigenvalue weighted by Gasteiger charge is -2.21. The highest BCUT2D eigenvalue weighted by atomic mass is 32.2. The fourth-order valence-corrected chi connectivity index (χ4v) is 5.04. The van der Waals surface area contributed by atoms with Gasteiger partial charge in [0.2, 0.25) is 0 Å². The van der Waals surface area contributed by atoms with Gasteiger partial charge in [0.15, 0.2) is 11.0 Å².